The molecule has 2 atom stereocenters. The van der Waals surface area contributed by atoms with Crippen molar-refractivity contribution in [2.24, 2.45) is 21.7 Å². The molecule has 2 unspecified atom stereocenters. The normalized spacial score (nSPS) is 46.8. The van der Waals surface area contributed by atoms with E-state index in [0.717, 1.165) is 13.2 Å². The molecule has 2 spiro atoms. The van der Waals surface area contributed by atoms with E-state index in [1.807, 2.05) is 0 Å². The van der Waals surface area contributed by atoms with Crippen LogP contribution >= 0.6 is 0 Å². The van der Waals surface area contributed by atoms with Gasteiger partial charge in [0.2, 0.25) is 0 Å². The molecule has 0 radical (unpaired) electrons. The minimum Gasteiger partial charge on any atom is -0.373 e. The fourth-order valence-corrected chi connectivity index (χ4v) is 5.03. The molecule has 2 aliphatic carbocycles. The van der Waals surface area contributed by atoms with E-state index < -0.39 is 0 Å². The Morgan fingerprint density at radius 2 is 0.750 bits per heavy atom. The fraction of sp³-hybridized carbons (Fsp3) is 1.00. The summed E-state index contributed by atoms with van der Waals surface area (Å²) in [4.78, 5) is 0. The minimum atomic E-state index is 0.264. The number of hydrogen-bond donors (Lipinski definition) is 0. The summed E-state index contributed by atoms with van der Waals surface area (Å²) in [6, 6.07) is 0. The smallest absolute Gasteiger partial charge is 0.0813 e. The van der Waals surface area contributed by atoms with Crippen molar-refractivity contribution >= 4 is 0 Å². The van der Waals surface area contributed by atoms with E-state index in [9.17, 15) is 0 Å². The van der Waals surface area contributed by atoms with Crippen LogP contribution in [0, 0.1) is 21.7 Å². The van der Waals surface area contributed by atoms with Crippen LogP contribution in [0.5, 0.6) is 0 Å². The summed E-state index contributed by atoms with van der Waals surface area (Å²) in [5.74, 6) is 0. The van der Waals surface area contributed by atoms with Crippen LogP contribution in [0.2, 0.25) is 0 Å². The minimum absolute atomic E-state index is 0.264. The zero-order valence-corrected chi connectivity index (χ0v) is 14.6. The Hall–Kier alpha value is -0.0800. The Kier molecular flexibility index (Phi) is 2.57. The van der Waals surface area contributed by atoms with Gasteiger partial charge in [0.15, 0.2) is 0 Å². The average molecular weight is 280 g/mol. The van der Waals surface area contributed by atoms with Crippen LogP contribution in [0.15, 0.2) is 0 Å². The number of hydrogen-bond acceptors (Lipinski definition) is 2. The summed E-state index contributed by atoms with van der Waals surface area (Å²) in [7, 11) is 0. The molecule has 0 aromatic carbocycles. The molecule has 4 fully saturated rings. The van der Waals surface area contributed by atoms with Gasteiger partial charge in [-0.05, 0) is 23.7 Å². The molecule has 2 heterocycles. The molecule has 116 valence electrons. The molecule has 2 saturated heterocycles. The Bertz CT molecular complexity index is 404. The molecule has 20 heavy (non-hydrogen) atoms. The zero-order valence-electron chi connectivity index (χ0n) is 14.6. The van der Waals surface area contributed by atoms with Gasteiger partial charge in [-0.15, -0.1) is 0 Å². The second kappa shape index (κ2) is 3.46. The van der Waals surface area contributed by atoms with Crippen molar-refractivity contribution in [3.63, 3.8) is 0 Å². The SMILES string of the molecule is CC1(C)COC12CC2(C)C.CC1(C)COC12CC2(C)C. The van der Waals surface area contributed by atoms with Crippen LogP contribution < -0.4 is 0 Å². The molecule has 4 aliphatic rings. The van der Waals surface area contributed by atoms with Gasteiger partial charge in [0, 0.05) is 10.8 Å². The zero-order chi connectivity index (χ0) is 15.2. The van der Waals surface area contributed by atoms with E-state index in [4.69, 9.17) is 9.47 Å². The molecule has 0 N–H and O–H groups in total. The third kappa shape index (κ3) is 1.53. The first kappa shape index (κ1) is 14.8. The van der Waals surface area contributed by atoms with Gasteiger partial charge in [-0.1, -0.05) is 55.4 Å². The third-order valence-electron chi connectivity index (χ3n) is 6.86. The highest BCUT2D eigenvalue weighted by Gasteiger charge is 2.75. The number of rotatable bonds is 0. The topological polar surface area (TPSA) is 18.5 Å². The van der Waals surface area contributed by atoms with Crippen molar-refractivity contribution in [1.82, 2.24) is 0 Å². The third-order valence-corrected chi connectivity index (χ3v) is 6.86. The molecule has 0 aromatic rings. The van der Waals surface area contributed by atoms with Gasteiger partial charge in [0.1, 0.15) is 0 Å². The molecule has 4 rings (SSSR count). The first-order valence-corrected chi connectivity index (χ1v) is 8.11. The van der Waals surface area contributed by atoms with Crippen molar-refractivity contribution < 1.29 is 9.47 Å². The average Bonchev–Trinajstić information content (AvgIpc) is 3.10. The highest BCUT2D eigenvalue weighted by Crippen LogP contribution is 2.72. The van der Waals surface area contributed by atoms with Crippen LogP contribution in [0.1, 0.15) is 68.2 Å². The molecule has 0 amide bonds. The van der Waals surface area contributed by atoms with Gasteiger partial charge in [0.25, 0.3) is 0 Å². The summed E-state index contributed by atoms with van der Waals surface area (Å²) in [5, 5.41) is 0. The largest absolute Gasteiger partial charge is 0.373 e. The van der Waals surface area contributed by atoms with Crippen molar-refractivity contribution in [3.8, 4) is 0 Å². The van der Waals surface area contributed by atoms with E-state index in [2.05, 4.69) is 55.4 Å². The Morgan fingerprint density at radius 1 is 0.500 bits per heavy atom. The second-order valence-corrected chi connectivity index (χ2v) is 10.1. The van der Waals surface area contributed by atoms with Crippen molar-refractivity contribution in [2.75, 3.05) is 13.2 Å². The summed E-state index contributed by atoms with van der Waals surface area (Å²) < 4.78 is 11.3. The number of ether oxygens (including phenoxy) is 2. The van der Waals surface area contributed by atoms with Crippen molar-refractivity contribution in [2.45, 2.75) is 79.4 Å². The van der Waals surface area contributed by atoms with Crippen LogP contribution in [0.4, 0.5) is 0 Å². The standard InChI is InChI=1S/2C9H16O/c2*1-7(2)5-9(7)8(3,4)6-10-9/h2*5-6H2,1-4H3. The summed E-state index contributed by atoms with van der Waals surface area (Å²) in [6.45, 7) is 20.4. The van der Waals surface area contributed by atoms with Crippen LogP contribution in [-0.2, 0) is 9.47 Å². The monoisotopic (exact) mass is 280 g/mol. The van der Waals surface area contributed by atoms with Crippen molar-refractivity contribution in [1.29, 1.82) is 0 Å². The van der Waals surface area contributed by atoms with Crippen molar-refractivity contribution in [3.05, 3.63) is 0 Å². The quantitative estimate of drug-likeness (QED) is 0.654. The summed E-state index contributed by atoms with van der Waals surface area (Å²) >= 11 is 0. The maximum Gasteiger partial charge on any atom is 0.0813 e. The van der Waals surface area contributed by atoms with E-state index >= 15 is 0 Å². The predicted octanol–water partition coefficient (Wildman–Crippen LogP) is 4.42. The fourth-order valence-electron chi connectivity index (χ4n) is 5.03. The van der Waals surface area contributed by atoms with Gasteiger partial charge in [-0.2, -0.15) is 0 Å². The van der Waals surface area contributed by atoms with Gasteiger partial charge in [-0.25, -0.2) is 0 Å². The lowest BCUT2D eigenvalue weighted by molar-refractivity contribution is -0.207. The first-order chi connectivity index (χ1) is 8.83. The maximum absolute atomic E-state index is 5.66. The molecule has 2 saturated carbocycles. The highest BCUT2D eigenvalue weighted by atomic mass is 16.5. The molecule has 0 aromatic heterocycles. The van der Waals surface area contributed by atoms with Crippen LogP contribution in [0.3, 0.4) is 0 Å². The maximum atomic E-state index is 5.66. The molecule has 2 aliphatic heterocycles. The summed E-state index contributed by atoms with van der Waals surface area (Å²) in [6.07, 6.45) is 2.51. The lowest BCUT2D eigenvalue weighted by Crippen LogP contribution is -2.52. The van der Waals surface area contributed by atoms with Gasteiger partial charge in [0.05, 0.1) is 24.4 Å². The van der Waals surface area contributed by atoms with Crippen LogP contribution in [-0.4, -0.2) is 24.4 Å². The Balaban J connectivity index is 0.000000121. The summed E-state index contributed by atoms with van der Waals surface area (Å²) in [5.41, 5.74) is 2.32. The molecule has 2 nitrogen and oxygen atoms in total. The van der Waals surface area contributed by atoms with E-state index in [-0.39, 0.29) is 11.2 Å². The Labute approximate surface area is 124 Å². The Morgan fingerprint density at radius 3 is 0.750 bits per heavy atom. The van der Waals surface area contributed by atoms with E-state index in [0.29, 0.717) is 21.7 Å². The highest BCUT2D eigenvalue weighted by molar-refractivity contribution is 5.24. The van der Waals surface area contributed by atoms with Crippen LogP contribution in [0.25, 0.3) is 0 Å². The van der Waals surface area contributed by atoms with Gasteiger partial charge < -0.3 is 9.47 Å². The van der Waals surface area contributed by atoms with E-state index in [1.165, 1.54) is 12.8 Å². The molecular formula is C18H32O2. The van der Waals surface area contributed by atoms with E-state index in [1.54, 1.807) is 0 Å². The molecular weight excluding hydrogens is 248 g/mol. The molecule has 2 heteroatoms. The first-order valence-electron chi connectivity index (χ1n) is 8.11. The van der Waals surface area contributed by atoms with Gasteiger partial charge >= 0.3 is 0 Å². The lowest BCUT2D eigenvalue weighted by Gasteiger charge is -2.48. The van der Waals surface area contributed by atoms with Gasteiger partial charge in [-0.3, -0.25) is 0 Å². The predicted molar refractivity (Wildman–Crippen MR) is 81.7 cm³/mol. The molecule has 0 bridgehead atoms. The lowest BCUT2D eigenvalue weighted by atomic mass is 9.76. The second-order valence-electron chi connectivity index (χ2n) is 10.1.